The Bertz CT molecular complexity index is 1300. The van der Waals surface area contributed by atoms with Gasteiger partial charge in [0.25, 0.3) is 0 Å². The molecule has 4 aromatic rings. The molecule has 9 heteroatoms. The number of hydrogen-bond acceptors (Lipinski definition) is 7. The van der Waals surface area contributed by atoms with E-state index in [2.05, 4.69) is 43.8 Å². The van der Waals surface area contributed by atoms with Gasteiger partial charge in [0.1, 0.15) is 11.4 Å². The van der Waals surface area contributed by atoms with Crippen LogP contribution in [-0.4, -0.2) is 66.8 Å². The molecule has 5 rings (SSSR count). The molecule has 33 heavy (non-hydrogen) atoms. The summed E-state index contributed by atoms with van der Waals surface area (Å²) in [6.07, 6.45) is 5.19. The molecule has 1 N–H and O–H groups in total. The van der Waals surface area contributed by atoms with Crippen LogP contribution in [0.5, 0.6) is 5.75 Å². The molecular weight excluding hydrogens is 421 g/mol. The van der Waals surface area contributed by atoms with Crippen LogP contribution >= 0.6 is 0 Å². The number of nitrogens with zero attached hydrogens (tertiary/aromatic N) is 7. The topological polar surface area (TPSA) is 82.7 Å². The number of halogens is 1. The number of aromatic nitrogens is 5. The van der Waals surface area contributed by atoms with E-state index in [-0.39, 0.29) is 11.4 Å². The van der Waals surface area contributed by atoms with E-state index < -0.39 is 5.82 Å². The maximum absolute atomic E-state index is 14.5. The summed E-state index contributed by atoms with van der Waals surface area (Å²) in [5.74, 6) is 0.213. The van der Waals surface area contributed by atoms with Crippen molar-refractivity contribution >= 4 is 11.6 Å². The molecule has 1 fully saturated rings. The smallest absolute Gasteiger partial charge is 0.245 e. The quantitative estimate of drug-likeness (QED) is 0.512. The van der Waals surface area contributed by atoms with Crippen LogP contribution in [0.1, 0.15) is 19.5 Å². The first kappa shape index (κ1) is 21.3. The number of anilines is 1. The number of phenolic OH excluding ortho intramolecular Hbond substituents is 1. The van der Waals surface area contributed by atoms with Gasteiger partial charge >= 0.3 is 0 Å². The summed E-state index contributed by atoms with van der Waals surface area (Å²) in [5.41, 5.74) is 3.34. The number of piperazine rings is 1. The van der Waals surface area contributed by atoms with Crippen molar-refractivity contribution in [3.05, 3.63) is 54.4 Å². The largest absolute Gasteiger partial charge is 0.507 e. The maximum Gasteiger partial charge on any atom is 0.245 e. The van der Waals surface area contributed by atoms with Gasteiger partial charge < -0.3 is 14.4 Å². The lowest BCUT2D eigenvalue weighted by molar-refractivity contribution is 0.198. The van der Waals surface area contributed by atoms with Crippen LogP contribution in [0, 0.1) is 12.7 Å². The lowest BCUT2D eigenvalue weighted by Crippen LogP contribution is -2.52. The van der Waals surface area contributed by atoms with Gasteiger partial charge in [0.2, 0.25) is 5.95 Å². The van der Waals surface area contributed by atoms with Gasteiger partial charge in [0, 0.05) is 49.2 Å². The predicted molar refractivity (Wildman–Crippen MR) is 125 cm³/mol. The SMILES string of the molecule is CCN1CCN(c2ncc(-c3ccc(-c4cc(F)c5nc(C)cn5c4)cc3O)nn2)C[C@H]1C. The van der Waals surface area contributed by atoms with Crippen molar-refractivity contribution in [1.29, 1.82) is 0 Å². The van der Waals surface area contributed by atoms with Crippen LogP contribution in [0.15, 0.2) is 42.9 Å². The number of benzene rings is 1. The number of pyridine rings is 1. The highest BCUT2D eigenvalue weighted by Gasteiger charge is 2.24. The monoisotopic (exact) mass is 447 g/mol. The second-order valence-corrected chi connectivity index (χ2v) is 8.49. The lowest BCUT2D eigenvalue weighted by Gasteiger charge is -2.39. The fourth-order valence-corrected chi connectivity index (χ4v) is 4.45. The Balaban J connectivity index is 1.39. The molecule has 0 saturated carbocycles. The fourth-order valence-electron chi connectivity index (χ4n) is 4.45. The number of rotatable bonds is 4. The average molecular weight is 448 g/mol. The average Bonchev–Trinajstić information content (AvgIpc) is 3.20. The molecule has 0 spiro atoms. The van der Waals surface area contributed by atoms with Gasteiger partial charge in [-0.25, -0.2) is 14.4 Å². The predicted octanol–water partition coefficient (Wildman–Crippen LogP) is 3.54. The molecule has 0 unspecified atom stereocenters. The number of hydrogen-bond donors (Lipinski definition) is 1. The summed E-state index contributed by atoms with van der Waals surface area (Å²) >= 11 is 0. The molecule has 8 nitrogen and oxygen atoms in total. The molecule has 4 heterocycles. The van der Waals surface area contributed by atoms with Gasteiger partial charge in [0.05, 0.1) is 11.9 Å². The van der Waals surface area contributed by atoms with Gasteiger partial charge in [-0.15, -0.1) is 10.2 Å². The molecule has 170 valence electrons. The molecule has 1 aliphatic heterocycles. The van der Waals surface area contributed by atoms with Crippen molar-refractivity contribution in [1.82, 2.24) is 29.5 Å². The number of aryl methyl sites for hydroxylation is 1. The van der Waals surface area contributed by atoms with Gasteiger partial charge in [-0.1, -0.05) is 13.0 Å². The van der Waals surface area contributed by atoms with Gasteiger partial charge in [-0.3, -0.25) is 4.90 Å². The van der Waals surface area contributed by atoms with E-state index in [1.807, 2.05) is 13.0 Å². The molecule has 1 atom stereocenters. The Morgan fingerprint density at radius 1 is 1.12 bits per heavy atom. The van der Waals surface area contributed by atoms with Crippen LogP contribution in [0.25, 0.3) is 28.0 Å². The van der Waals surface area contributed by atoms with E-state index in [9.17, 15) is 9.50 Å². The maximum atomic E-state index is 14.5. The van der Waals surface area contributed by atoms with Crippen molar-refractivity contribution in [2.24, 2.45) is 0 Å². The molecule has 1 aromatic carbocycles. The van der Waals surface area contributed by atoms with Crippen molar-refractivity contribution in [2.75, 3.05) is 31.1 Å². The molecule has 0 bridgehead atoms. The Hall–Kier alpha value is -3.59. The Labute approximate surface area is 191 Å². The number of imidazole rings is 1. The Morgan fingerprint density at radius 3 is 2.67 bits per heavy atom. The number of fused-ring (bicyclic) bond motifs is 1. The van der Waals surface area contributed by atoms with E-state index >= 15 is 0 Å². The summed E-state index contributed by atoms with van der Waals surface area (Å²) < 4.78 is 16.1. The van der Waals surface area contributed by atoms with Gasteiger partial charge in [-0.2, -0.15) is 0 Å². The number of phenols is 1. The Morgan fingerprint density at radius 2 is 1.97 bits per heavy atom. The second-order valence-electron chi connectivity index (χ2n) is 8.49. The van der Waals surface area contributed by atoms with Gasteiger partial charge in [0.15, 0.2) is 11.5 Å². The minimum Gasteiger partial charge on any atom is -0.507 e. The summed E-state index contributed by atoms with van der Waals surface area (Å²) in [5, 5.41) is 19.3. The minimum absolute atomic E-state index is 0.0313. The van der Waals surface area contributed by atoms with E-state index in [0.717, 1.165) is 31.9 Å². The van der Waals surface area contributed by atoms with Crippen molar-refractivity contribution < 1.29 is 9.50 Å². The van der Waals surface area contributed by atoms with E-state index in [1.54, 1.807) is 35.1 Å². The van der Waals surface area contributed by atoms with Crippen LogP contribution in [0.2, 0.25) is 0 Å². The third-order valence-corrected chi connectivity index (χ3v) is 6.24. The number of likely N-dealkylation sites (N-methyl/N-ethyl adjacent to an activating group) is 1. The minimum atomic E-state index is -0.413. The first-order chi connectivity index (χ1) is 15.9. The molecule has 0 amide bonds. The van der Waals surface area contributed by atoms with E-state index in [0.29, 0.717) is 34.4 Å². The third kappa shape index (κ3) is 4.00. The zero-order valence-corrected chi connectivity index (χ0v) is 18.9. The van der Waals surface area contributed by atoms with Crippen molar-refractivity contribution in [3.63, 3.8) is 0 Å². The normalized spacial score (nSPS) is 17.1. The summed E-state index contributed by atoms with van der Waals surface area (Å²) in [4.78, 5) is 13.2. The zero-order valence-electron chi connectivity index (χ0n) is 18.9. The van der Waals surface area contributed by atoms with E-state index in [1.165, 1.54) is 6.07 Å². The highest BCUT2D eigenvalue weighted by atomic mass is 19.1. The second kappa shape index (κ2) is 8.40. The summed E-state index contributed by atoms with van der Waals surface area (Å²) in [7, 11) is 0. The molecular formula is C24H26FN7O. The van der Waals surface area contributed by atoms with Crippen molar-refractivity contribution in [2.45, 2.75) is 26.8 Å². The van der Waals surface area contributed by atoms with Crippen molar-refractivity contribution in [3.8, 4) is 28.1 Å². The molecule has 0 aliphatic carbocycles. The van der Waals surface area contributed by atoms with Crippen LogP contribution in [0.3, 0.4) is 0 Å². The highest BCUT2D eigenvalue weighted by molar-refractivity contribution is 5.74. The van der Waals surface area contributed by atoms with Gasteiger partial charge in [-0.05, 0) is 44.2 Å². The van der Waals surface area contributed by atoms with E-state index in [4.69, 9.17) is 0 Å². The standard InChI is InChI=1S/C24H26FN7O/c1-4-30-7-8-31(13-16(30)3)24-26-11-21(28-29-24)19-6-5-17(10-22(19)33)18-9-20(25)23-27-15(2)12-32(23)14-18/h5-6,9-12,14,16,33H,4,7-8,13H2,1-3H3/t16-/m1/s1. The fraction of sp³-hybridized carbons (Fsp3) is 0.333. The van der Waals surface area contributed by atoms with Crippen LogP contribution < -0.4 is 4.90 Å². The first-order valence-electron chi connectivity index (χ1n) is 11.1. The molecule has 3 aromatic heterocycles. The highest BCUT2D eigenvalue weighted by Crippen LogP contribution is 2.33. The van der Waals surface area contributed by atoms with Crippen LogP contribution in [-0.2, 0) is 0 Å². The number of aromatic hydroxyl groups is 1. The zero-order chi connectivity index (χ0) is 23.1. The summed E-state index contributed by atoms with van der Waals surface area (Å²) in [6.45, 7) is 9.90. The Kier molecular flexibility index (Phi) is 5.41. The summed E-state index contributed by atoms with van der Waals surface area (Å²) in [6, 6.07) is 7.02. The lowest BCUT2D eigenvalue weighted by atomic mass is 10.0. The molecule has 0 radical (unpaired) electrons. The third-order valence-electron chi connectivity index (χ3n) is 6.24. The molecule has 1 aliphatic rings. The molecule has 1 saturated heterocycles. The first-order valence-corrected chi connectivity index (χ1v) is 11.1. The van der Waals surface area contributed by atoms with Crippen LogP contribution in [0.4, 0.5) is 10.3 Å².